The topological polar surface area (TPSA) is 45.4 Å². The van der Waals surface area contributed by atoms with Crippen molar-refractivity contribution in [3.05, 3.63) is 18.3 Å². The highest BCUT2D eigenvalue weighted by Gasteiger charge is 2.22. The van der Waals surface area contributed by atoms with Gasteiger partial charge in [0.05, 0.1) is 5.69 Å². The molecular formula is C12H20N4. The third kappa shape index (κ3) is 2.27. The van der Waals surface area contributed by atoms with E-state index in [2.05, 4.69) is 28.9 Å². The summed E-state index contributed by atoms with van der Waals surface area (Å²) >= 11 is 0. The fourth-order valence-electron chi connectivity index (χ4n) is 2.26. The van der Waals surface area contributed by atoms with Gasteiger partial charge in [0.15, 0.2) is 5.82 Å². The van der Waals surface area contributed by atoms with E-state index in [0.29, 0.717) is 6.04 Å². The lowest BCUT2D eigenvalue weighted by Gasteiger charge is -2.36. The minimum Gasteiger partial charge on any atom is -0.396 e. The summed E-state index contributed by atoms with van der Waals surface area (Å²) in [5.41, 5.74) is 6.71. The normalized spacial score (nSPS) is 18.6. The smallest absolute Gasteiger partial charge is 0.151 e. The molecule has 0 unspecified atom stereocenters. The molecule has 0 bridgehead atoms. The number of nitrogens with two attached hydrogens (primary N) is 1. The lowest BCUT2D eigenvalue weighted by Crippen LogP contribution is -2.42. The Kier molecular flexibility index (Phi) is 3.29. The maximum Gasteiger partial charge on any atom is 0.151 e. The number of piperidine rings is 1. The Morgan fingerprint density at radius 3 is 2.75 bits per heavy atom. The van der Waals surface area contributed by atoms with E-state index in [1.807, 2.05) is 12.1 Å². The molecule has 0 saturated carbocycles. The third-order valence-corrected chi connectivity index (χ3v) is 3.39. The number of likely N-dealkylation sites (tertiary alicyclic amines) is 1. The molecule has 0 amide bonds. The van der Waals surface area contributed by atoms with Gasteiger partial charge in [-0.1, -0.05) is 0 Å². The summed E-state index contributed by atoms with van der Waals surface area (Å²) in [5, 5.41) is 0. The van der Waals surface area contributed by atoms with E-state index in [1.54, 1.807) is 6.20 Å². The summed E-state index contributed by atoms with van der Waals surface area (Å²) in [7, 11) is 4.26. The molecule has 4 nitrogen and oxygen atoms in total. The van der Waals surface area contributed by atoms with Crippen LogP contribution in [0, 0.1) is 0 Å². The molecule has 2 N–H and O–H groups in total. The van der Waals surface area contributed by atoms with E-state index < -0.39 is 0 Å². The first-order chi connectivity index (χ1) is 7.68. The molecule has 0 spiro atoms. The highest BCUT2D eigenvalue weighted by Crippen LogP contribution is 2.24. The van der Waals surface area contributed by atoms with E-state index >= 15 is 0 Å². The minimum atomic E-state index is 0.563. The van der Waals surface area contributed by atoms with Crippen LogP contribution in [0.3, 0.4) is 0 Å². The van der Waals surface area contributed by atoms with E-state index in [4.69, 9.17) is 5.73 Å². The first-order valence-electron chi connectivity index (χ1n) is 5.80. The van der Waals surface area contributed by atoms with Gasteiger partial charge in [-0.2, -0.15) is 0 Å². The Bertz CT molecular complexity index is 345. The van der Waals surface area contributed by atoms with Crippen molar-refractivity contribution in [2.45, 2.75) is 18.9 Å². The molecule has 1 fully saturated rings. The number of anilines is 2. The number of hydrogen-bond donors (Lipinski definition) is 1. The highest BCUT2D eigenvalue weighted by molar-refractivity contribution is 5.62. The second-order valence-corrected chi connectivity index (χ2v) is 4.56. The van der Waals surface area contributed by atoms with Gasteiger partial charge in [-0.05, 0) is 45.1 Å². The van der Waals surface area contributed by atoms with Crippen molar-refractivity contribution in [3.8, 4) is 0 Å². The standard InChI is InChI=1S/C12H20N4/c1-15-8-5-10(6-9-15)16(2)12-11(13)4-3-7-14-12/h3-4,7,10H,5-6,8-9,13H2,1-2H3. The maximum absolute atomic E-state index is 5.94. The monoisotopic (exact) mass is 220 g/mol. The Labute approximate surface area is 97.1 Å². The van der Waals surface area contributed by atoms with Gasteiger partial charge in [-0.3, -0.25) is 0 Å². The maximum atomic E-state index is 5.94. The van der Waals surface area contributed by atoms with Crippen molar-refractivity contribution in [1.29, 1.82) is 0 Å². The van der Waals surface area contributed by atoms with Gasteiger partial charge in [0.1, 0.15) is 0 Å². The van der Waals surface area contributed by atoms with Crippen LogP contribution in [0.2, 0.25) is 0 Å². The number of aromatic nitrogens is 1. The largest absolute Gasteiger partial charge is 0.396 e. The van der Waals surface area contributed by atoms with E-state index in [-0.39, 0.29) is 0 Å². The summed E-state index contributed by atoms with van der Waals surface area (Å²) < 4.78 is 0. The summed E-state index contributed by atoms with van der Waals surface area (Å²) in [6.45, 7) is 2.31. The first kappa shape index (κ1) is 11.2. The van der Waals surface area contributed by atoms with Crippen LogP contribution in [0.25, 0.3) is 0 Å². The zero-order valence-electron chi connectivity index (χ0n) is 10.1. The predicted molar refractivity (Wildman–Crippen MR) is 67.6 cm³/mol. The predicted octanol–water partition coefficient (Wildman–Crippen LogP) is 1.19. The fourth-order valence-corrected chi connectivity index (χ4v) is 2.26. The number of pyridine rings is 1. The molecule has 0 aliphatic carbocycles. The number of hydrogen-bond acceptors (Lipinski definition) is 4. The molecular weight excluding hydrogens is 200 g/mol. The Morgan fingerprint density at radius 2 is 2.12 bits per heavy atom. The molecule has 2 heterocycles. The van der Waals surface area contributed by atoms with Crippen LogP contribution >= 0.6 is 0 Å². The molecule has 1 aliphatic rings. The molecule has 4 heteroatoms. The number of nitrogens with zero attached hydrogens (tertiary/aromatic N) is 3. The first-order valence-corrected chi connectivity index (χ1v) is 5.80. The lowest BCUT2D eigenvalue weighted by atomic mass is 10.0. The van der Waals surface area contributed by atoms with Crippen LogP contribution in [-0.4, -0.2) is 43.1 Å². The summed E-state index contributed by atoms with van der Waals surface area (Å²) in [4.78, 5) is 8.95. The van der Waals surface area contributed by atoms with Crippen LogP contribution in [-0.2, 0) is 0 Å². The van der Waals surface area contributed by atoms with Crippen molar-refractivity contribution in [1.82, 2.24) is 9.88 Å². The Morgan fingerprint density at radius 1 is 1.44 bits per heavy atom. The summed E-state index contributed by atoms with van der Waals surface area (Å²) in [6.07, 6.45) is 4.17. The van der Waals surface area contributed by atoms with Crippen LogP contribution in [0.4, 0.5) is 11.5 Å². The average molecular weight is 220 g/mol. The highest BCUT2D eigenvalue weighted by atomic mass is 15.2. The lowest BCUT2D eigenvalue weighted by molar-refractivity contribution is 0.252. The SMILES string of the molecule is CN1CCC(N(C)c2ncccc2N)CC1. The average Bonchev–Trinajstić information content (AvgIpc) is 2.30. The van der Waals surface area contributed by atoms with Crippen LogP contribution in [0.5, 0.6) is 0 Å². The number of rotatable bonds is 2. The molecule has 0 radical (unpaired) electrons. The molecule has 2 rings (SSSR count). The Hall–Kier alpha value is -1.29. The third-order valence-electron chi connectivity index (χ3n) is 3.39. The second kappa shape index (κ2) is 4.70. The molecule has 1 aromatic heterocycles. The quantitative estimate of drug-likeness (QED) is 0.813. The van der Waals surface area contributed by atoms with Crippen LogP contribution in [0.1, 0.15) is 12.8 Å². The molecule has 1 aromatic rings. The van der Waals surface area contributed by atoms with Crippen molar-refractivity contribution in [3.63, 3.8) is 0 Å². The molecule has 0 aromatic carbocycles. The zero-order chi connectivity index (χ0) is 11.5. The van der Waals surface area contributed by atoms with Crippen molar-refractivity contribution in [2.75, 3.05) is 37.8 Å². The van der Waals surface area contributed by atoms with Gasteiger partial charge in [0.2, 0.25) is 0 Å². The molecule has 88 valence electrons. The van der Waals surface area contributed by atoms with Gasteiger partial charge in [0, 0.05) is 19.3 Å². The van der Waals surface area contributed by atoms with Gasteiger partial charge < -0.3 is 15.5 Å². The molecule has 0 atom stereocenters. The van der Waals surface area contributed by atoms with Crippen molar-refractivity contribution >= 4 is 11.5 Å². The summed E-state index contributed by atoms with van der Waals surface area (Å²) in [6, 6.07) is 4.35. The molecule has 1 aliphatic heterocycles. The number of nitrogen functional groups attached to an aromatic ring is 1. The van der Waals surface area contributed by atoms with Gasteiger partial charge in [-0.25, -0.2) is 4.98 Å². The molecule has 1 saturated heterocycles. The van der Waals surface area contributed by atoms with Gasteiger partial charge in [-0.15, -0.1) is 0 Å². The van der Waals surface area contributed by atoms with E-state index in [1.165, 1.54) is 12.8 Å². The minimum absolute atomic E-state index is 0.563. The van der Waals surface area contributed by atoms with Gasteiger partial charge in [0.25, 0.3) is 0 Å². The molecule has 16 heavy (non-hydrogen) atoms. The second-order valence-electron chi connectivity index (χ2n) is 4.56. The van der Waals surface area contributed by atoms with E-state index in [0.717, 1.165) is 24.6 Å². The van der Waals surface area contributed by atoms with Gasteiger partial charge >= 0.3 is 0 Å². The Balaban J connectivity index is 2.07. The zero-order valence-corrected chi connectivity index (χ0v) is 10.1. The van der Waals surface area contributed by atoms with E-state index in [9.17, 15) is 0 Å². The van der Waals surface area contributed by atoms with Crippen LogP contribution < -0.4 is 10.6 Å². The van der Waals surface area contributed by atoms with Crippen LogP contribution in [0.15, 0.2) is 18.3 Å². The fraction of sp³-hybridized carbons (Fsp3) is 0.583. The summed E-state index contributed by atoms with van der Waals surface area (Å²) in [5.74, 6) is 0.914. The van der Waals surface area contributed by atoms with Crippen molar-refractivity contribution in [2.24, 2.45) is 0 Å². The van der Waals surface area contributed by atoms with Crippen molar-refractivity contribution < 1.29 is 0 Å².